The van der Waals surface area contributed by atoms with E-state index >= 15 is 0 Å². The molecular formula is C14H18ClFN2O. The number of fused-ring (bicyclic) bond motifs is 1. The molecule has 0 amide bonds. The van der Waals surface area contributed by atoms with Crippen LogP contribution in [0.3, 0.4) is 0 Å². The van der Waals surface area contributed by atoms with Crippen LogP contribution in [0.5, 0.6) is 0 Å². The van der Waals surface area contributed by atoms with Crippen molar-refractivity contribution in [2.45, 2.75) is 32.2 Å². The zero-order valence-corrected chi connectivity index (χ0v) is 12.2. The number of aromatic nitrogens is 2. The normalized spacial score (nSPS) is 13.1. The second-order valence-corrected chi connectivity index (χ2v) is 5.02. The highest BCUT2D eigenvalue weighted by atomic mass is 35.5. The van der Waals surface area contributed by atoms with Crippen LogP contribution in [0.4, 0.5) is 4.39 Å². The van der Waals surface area contributed by atoms with Crippen molar-refractivity contribution in [3.05, 3.63) is 29.3 Å². The van der Waals surface area contributed by atoms with Gasteiger partial charge < -0.3 is 9.30 Å². The van der Waals surface area contributed by atoms with Crippen molar-refractivity contribution >= 4 is 22.6 Å². The summed E-state index contributed by atoms with van der Waals surface area (Å²) in [6.45, 7) is 4.52. The first-order chi connectivity index (χ1) is 9.08. The Kier molecular flexibility index (Phi) is 4.42. The quantitative estimate of drug-likeness (QED) is 0.781. The third-order valence-electron chi connectivity index (χ3n) is 3.34. The van der Waals surface area contributed by atoms with Crippen LogP contribution in [0.25, 0.3) is 11.0 Å². The summed E-state index contributed by atoms with van der Waals surface area (Å²) in [5.41, 5.74) is 2.20. The number of nitrogens with zero attached hydrogens (tertiary/aromatic N) is 2. The number of alkyl halides is 1. The maximum atomic E-state index is 13.6. The minimum atomic E-state index is -0.234. The molecule has 2 aromatic rings. The van der Waals surface area contributed by atoms with Crippen LogP contribution in [0.2, 0.25) is 0 Å². The maximum Gasteiger partial charge on any atom is 0.128 e. The van der Waals surface area contributed by atoms with E-state index in [0.29, 0.717) is 23.6 Å². The van der Waals surface area contributed by atoms with Crippen LogP contribution >= 0.6 is 11.6 Å². The highest BCUT2D eigenvalue weighted by Gasteiger charge is 2.16. The van der Waals surface area contributed by atoms with Crippen LogP contribution in [0.15, 0.2) is 12.1 Å². The van der Waals surface area contributed by atoms with Gasteiger partial charge in [0, 0.05) is 25.8 Å². The summed E-state index contributed by atoms with van der Waals surface area (Å²) in [4.78, 5) is 4.41. The van der Waals surface area contributed by atoms with Gasteiger partial charge in [-0.15, -0.1) is 11.6 Å². The summed E-state index contributed by atoms with van der Waals surface area (Å²) in [6, 6.07) is 3.51. The first-order valence-corrected chi connectivity index (χ1v) is 6.83. The summed E-state index contributed by atoms with van der Waals surface area (Å²) in [5.74, 6) is 0.847. The van der Waals surface area contributed by atoms with Gasteiger partial charge in [-0.25, -0.2) is 9.37 Å². The average Bonchev–Trinajstić information content (AvgIpc) is 2.74. The summed E-state index contributed by atoms with van der Waals surface area (Å²) >= 11 is 5.95. The van der Waals surface area contributed by atoms with E-state index in [1.54, 1.807) is 14.0 Å². The van der Waals surface area contributed by atoms with Crippen molar-refractivity contribution in [3.8, 4) is 0 Å². The fraction of sp³-hybridized carbons (Fsp3) is 0.500. The lowest BCUT2D eigenvalue weighted by Gasteiger charge is -2.16. The Hall–Kier alpha value is -1.13. The molecule has 19 heavy (non-hydrogen) atoms. The predicted molar refractivity (Wildman–Crippen MR) is 75.2 cm³/mol. The number of imidazole rings is 1. The molecule has 0 aliphatic heterocycles. The Balaban J connectivity index is 2.53. The van der Waals surface area contributed by atoms with Gasteiger partial charge in [0.1, 0.15) is 11.6 Å². The molecule has 1 unspecified atom stereocenters. The zero-order chi connectivity index (χ0) is 14.0. The molecule has 0 N–H and O–H groups in total. The number of rotatable bonds is 5. The Morgan fingerprint density at radius 2 is 2.21 bits per heavy atom. The lowest BCUT2D eigenvalue weighted by molar-refractivity contribution is 0.181. The Labute approximate surface area is 117 Å². The van der Waals surface area contributed by atoms with Gasteiger partial charge in [-0.1, -0.05) is 0 Å². The molecule has 0 bridgehead atoms. The van der Waals surface area contributed by atoms with Crippen molar-refractivity contribution in [3.63, 3.8) is 0 Å². The van der Waals surface area contributed by atoms with Crippen molar-refractivity contribution in [2.24, 2.45) is 0 Å². The number of hydrogen-bond donors (Lipinski definition) is 0. The summed E-state index contributed by atoms with van der Waals surface area (Å²) < 4.78 is 20.8. The molecule has 1 aromatic heterocycles. The molecule has 0 radical (unpaired) electrons. The molecule has 0 fully saturated rings. The molecule has 0 saturated heterocycles. The third-order valence-corrected chi connectivity index (χ3v) is 3.58. The number of hydrogen-bond acceptors (Lipinski definition) is 2. The highest BCUT2D eigenvalue weighted by molar-refractivity contribution is 6.16. The summed E-state index contributed by atoms with van der Waals surface area (Å²) in [7, 11) is 1.68. The van der Waals surface area contributed by atoms with Gasteiger partial charge >= 0.3 is 0 Å². The van der Waals surface area contributed by atoms with E-state index in [1.807, 2.05) is 6.07 Å². The van der Waals surface area contributed by atoms with Gasteiger partial charge in [-0.05, 0) is 31.9 Å². The molecule has 1 aromatic carbocycles. The first kappa shape index (κ1) is 14.3. The fourth-order valence-corrected chi connectivity index (χ4v) is 2.46. The standard InChI is InChI=1S/C14H18ClFN2O/c1-9-6-13-12(7-11(9)16)17-14(8-15)18(13)10(2)4-5-19-3/h6-7,10H,4-5,8H2,1-3H3. The third kappa shape index (κ3) is 2.74. The smallest absolute Gasteiger partial charge is 0.128 e. The van der Waals surface area contributed by atoms with Gasteiger partial charge in [0.05, 0.1) is 16.9 Å². The molecule has 0 spiro atoms. The molecule has 2 rings (SSSR count). The van der Waals surface area contributed by atoms with Crippen molar-refractivity contribution in [1.82, 2.24) is 9.55 Å². The molecule has 1 atom stereocenters. The summed E-state index contributed by atoms with van der Waals surface area (Å²) in [6.07, 6.45) is 0.863. The molecule has 1 heterocycles. The minimum absolute atomic E-state index is 0.212. The monoisotopic (exact) mass is 284 g/mol. The zero-order valence-electron chi connectivity index (χ0n) is 11.4. The van der Waals surface area contributed by atoms with Crippen LogP contribution in [-0.2, 0) is 10.6 Å². The number of benzene rings is 1. The second kappa shape index (κ2) is 5.88. The lowest BCUT2D eigenvalue weighted by Crippen LogP contribution is -2.10. The Morgan fingerprint density at radius 1 is 1.47 bits per heavy atom. The van der Waals surface area contributed by atoms with Gasteiger partial charge in [0.2, 0.25) is 0 Å². The molecule has 104 valence electrons. The predicted octanol–water partition coefficient (Wildman–Crippen LogP) is 3.82. The van der Waals surface area contributed by atoms with Crippen molar-refractivity contribution in [2.75, 3.05) is 13.7 Å². The van der Waals surface area contributed by atoms with E-state index < -0.39 is 0 Å². The number of ether oxygens (including phenoxy) is 1. The van der Waals surface area contributed by atoms with Gasteiger partial charge in [-0.2, -0.15) is 0 Å². The van der Waals surface area contributed by atoms with E-state index in [-0.39, 0.29) is 11.9 Å². The summed E-state index contributed by atoms with van der Waals surface area (Å²) in [5, 5.41) is 0. The molecule has 0 aliphatic rings. The SMILES string of the molecule is COCCC(C)n1c(CCl)nc2cc(F)c(C)cc21. The molecule has 3 nitrogen and oxygen atoms in total. The van der Waals surface area contributed by atoms with Crippen LogP contribution in [0, 0.1) is 12.7 Å². The number of methoxy groups -OCH3 is 1. The van der Waals surface area contributed by atoms with Crippen LogP contribution in [0.1, 0.15) is 30.8 Å². The molecule has 5 heteroatoms. The Bertz CT molecular complexity index is 582. The number of halogens is 2. The van der Waals surface area contributed by atoms with Gasteiger partial charge in [0.15, 0.2) is 0 Å². The Morgan fingerprint density at radius 3 is 2.84 bits per heavy atom. The highest BCUT2D eigenvalue weighted by Crippen LogP contribution is 2.26. The van der Waals surface area contributed by atoms with E-state index in [1.165, 1.54) is 6.07 Å². The first-order valence-electron chi connectivity index (χ1n) is 6.30. The lowest BCUT2D eigenvalue weighted by atomic mass is 10.2. The largest absolute Gasteiger partial charge is 0.385 e. The maximum absolute atomic E-state index is 13.6. The second-order valence-electron chi connectivity index (χ2n) is 4.75. The number of aryl methyl sites for hydroxylation is 1. The van der Waals surface area contributed by atoms with E-state index in [0.717, 1.165) is 17.8 Å². The van der Waals surface area contributed by atoms with Gasteiger partial charge in [0.25, 0.3) is 0 Å². The average molecular weight is 285 g/mol. The van der Waals surface area contributed by atoms with Gasteiger partial charge in [-0.3, -0.25) is 0 Å². The van der Waals surface area contributed by atoms with Crippen LogP contribution in [-0.4, -0.2) is 23.3 Å². The molecule has 0 saturated carbocycles. The minimum Gasteiger partial charge on any atom is -0.385 e. The van der Waals surface area contributed by atoms with Crippen molar-refractivity contribution < 1.29 is 9.13 Å². The van der Waals surface area contributed by atoms with Crippen molar-refractivity contribution in [1.29, 1.82) is 0 Å². The van der Waals surface area contributed by atoms with E-state index in [2.05, 4.69) is 16.5 Å². The van der Waals surface area contributed by atoms with Crippen LogP contribution < -0.4 is 0 Å². The van der Waals surface area contributed by atoms with E-state index in [9.17, 15) is 4.39 Å². The molecular weight excluding hydrogens is 267 g/mol. The molecule has 0 aliphatic carbocycles. The van der Waals surface area contributed by atoms with E-state index in [4.69, 9.17) is 16.3 Å². The topological polar surface area (TPSA) is 27.1 Å². The fourth-order valence-electron chi connectivity index (χ4n) is 2.27.